The molecule has 0 aliphatic carbocycles. The fraction of sp³-hybridized carbons (Fsp3) is 0.721. The zero-order valence-electron chi connectivity index (χ0n) is 35.6. The molecule has 2 aromatic rings. The zero-order chi connectivity index (χ0) is 48.0. The maximum Gasteiger partial charge on any atom is 0.460 e. The SMILES string of the molecule is CCCCCCCCCCCCOc1c(C(SCCC(F)(F)C(F)(F)C(F)(F)C(F)(F)C(F)(F)C(F)(F)C(F)(F)C(F)(F)F)c2ccccc2)cc(C(C)(C)C)cc1C(C)(C)C. The van der Waals surface area contributed by atoms with Crippen LogP contribution in [0.15, 0.2) is 42.5 Å². The van der Waals surface area contributed by atoms with Gasteiger partial charge in [0.15, 0.2) is 0 Å². The molecule has 0 aliphatic heterocycles. The summed E-state index contributed by atoms with van der Waals surface area (Å²) in [5, 5.41) is -1.15. The molecule has 19 heteroatoms. The molecule has 1 unspecified atom stereocenters. The quantitative estimate of drug-likeness (QED) is 0.0766. The molecular weight excluding hydrogens is 888 g/mol. The highest BCUT2D eigenvalue weighted by atomic mass is 32.2. The van der Waals surface area contributed by atoms with Gasteiger partial charge in [-0.2, -0.15) is 74.6 Å². The van der Waals surface area contributed by atoms with Crippen molar-refractivity contribution in [2.24, 2.45) is 0 Å². The molecule has 0 aliphatic rings. The van der Waals surface area contributed by atoms with Gasteiger partial charge in [0.25, 0.3) is 0 Å². The van der Waals surface area contributed by atoms with Gasteiger partial charge in [0.1, 0.15) is 5.75 Å². The van der Waals surface area contributed by atoms with Crippen molar-refractivity contribution < 1.29 is 79.4 Å². The first-order valence-electron chi connectivity index (χ1n) is 20.2. The number of hydrogen-bond donors (Lipinski definition) is 0. The van der Waals surface area contributed by atoms with Crippen LogP contribution in [0.3, 0.4) is 0 Å². The number of unbranched alkanes of at least 4 members (excludes halogenated alkanes) is 9. The predicted octanol–water partition coefficient (Wildman–Crippen LogP) is 16.8. The first-order chi connectivity index (χ1) is 28.0. The van der Waals surface area contributed by atoms with Gasteiger partial charge in [0.2, 0.25) is 0 Å². The second kappa shape index (κ2) is 20.3. The van der Waals surface area contributed by atoms with Crippen LogP contribution in [0.5, 0.6) is 5.75 Å². The molecule has 1 nitrogen and oxygen atoms in total. The summed E-state index contributed by atoms with van der Waals surface area (Å²) >= 11 is 0.399. The number of ether oxygens (including phenoxy) is 1. The molecule has 0 bridgehead atoms. The second-order valence-corrected chi connectivity index (χ2v) is 18.7. The lowest BCUT2D eigenvalue weighted by molar-refractivity contribution is -0.461. The van der Waals surface area contributed by atoms with Crippen molar-refractivity contribution in [3.05, 3.63) is 64.7 Å². The van der Waals surface area contributed by atoms with Crippen molar-refractivity contribution in [1.82, 2.24) is 0 Å². The third-order valence-electron chi connectivity index (χ3n) is 10.4. The van der Waals surface area contributed by atoms with E-state index in [-0.39, 0.29) is 12.4 Å². The van der Waals surface area contributed by atoms with E-state index >= 15 is 8.78 Å². The highest BCUT2D eigenvalue weighted by Crippen LogP contribution is 2.64. The number of benzene rings is 2. The van der Waals surface area contributed by atoms with Crippen molar-refractivity contribution >= 4 is 11.8 Å². The molecule has 0 heterocycles. The summed E-state index contributed by atoms with van der Waals surface area (Å²) in [4.78, 5) is 0. The Balaban J connectivity index is 2.56. The van der Waals surface area contributed by atoms with Gasteiger partial charge in [0, 0.05) is 23.3 Å². The van der Waals surface area contributed by atoms with Crippen LogP contribution >= 0.6 is 11.8 Å². The van der Waals surface area contributed by atoms with Gasteiger partial charge in [-0.1, -0.05) is 149 Å². The van der Waals surface area contributed by atoms with Crippen LogP contribution < -0.4 is 4.74 Å². The largest absolute Gasteiger partial charge is 0.493 e. The van der Waals surface area contributed by atoms with Crippen molar-refractivity contribution in [3.8, 4) is 5.75 Å². The minimum absolute atomic E-state index is 0.180. The van der Waals surface area contributed by atoms with E-state index in [1.807, 2.05) is 47.6 Å². The van der Waals surface area contributed by atoms with E-state index in [1.54, 1.807) is 12.1 Å². The highest BCUT2D eigenvalue weighted by molar-refractivity contribution is 7.99. The van der Waals surface area contributed by atoms with Gasteiger partial charge in [0.05, 0.1) is 11.9 Å². The fourth-order valence-electron chi connectivity index (χ4n) is 6.41. The molecule has 358 valence electrons. The smallest absolute Gasteiger partial charge is 0.460 e. The van der Waals surface area contributed by atoms with Crippen molar-refractivity contribution in [1.29, 1.82) is 0 Å². The van der Waals surface area contributed by atoms with Crippen LogP contribution in [0, 0.1) is 0 Å². The monoisotopic (exact) mass is 942 g/mol. The minimum Gasteiger partial charge on any atom is -0.493 e. The normalized spacial score (nSPS) is 15.0. The average molecular weight is 943 g/mol. The number of halogens is 17. The lowest BCUT2D eigenvalue weighted by atomic mass is 9.78. The standard InChI is InChI=1S/C43H55F17OS/c1-8-9-10-11-12-13-14-15-16-20-24-61-32-30(26-29(34(2,3)4)27-31(32)35(5,6)7)33(28-21-18-17-19-22-28)62-25-23-36(44,45)37(46,47)38(48,49)39(50,51)40(52,53)41(54,55)42(56,57)43(58,59)60/h17-19,21-22,26-27,33H,8-16,20,23-25H2,1-7H3. The maximum absolute atomic E-state index is 15.1. The Morgan fingerprint density at radius 3 is 1.39 bits per heavy atom. The molecular formula is C43H55F17OS. The number of hydrogen-bond acceptors (Lipinski definition) is 2. The summed E-state index contributed by atoms with van der Waals surface area (Å²) in [6, 6.07) is 11.2. The van der Waals surface area contributed by atoms with E-state index in [4.69, 9.17) is 4.74 Å². The van der Waals surface area contributed by atoms with E-state index in [9.17, 15) is 65.9 Å². The van der Waals surface area contributed by atoms with Gasteiger partial charge in [-0.25, -0.2) is 0 Å². The van der Waals surface area contributed by atoms with Crippen molar-refractivity contribution in [3.63, 3.8) is 0 Å². The van der Waals surface area contributed by atoms with E-state index < -0.39 is 75.9 Å². The third kappa shape index (κ3) is 11.8. The second-order valence-electron chi connectivity index (χ2n) is 17.5. The first kappa shape index (κ1) is 55.5. The maximum atomic E-state index is 15.1. The summed E-state index contributed by atoms with van der Waals surface area (Å²) in [6.45, 7) is 13.5. The van der Waals surface area contributed by atoms with Crippen LogP contribution in [0.4, 0.5) is 74.6 Å². The lowest BCUT2D eigenvalue weighted by Crippen LogP contribution is -2.74. The Morgan fingerprint density at radius 2 is 0.952 bits per heavy atom. The Morgan fingerprint density at radius 1 is 0.516 bits per heavy atom. The van der Waals surface area contributed by atoms with Gasteiger partial charge in [-0.05, 0) is 28.4 Å². The predicted molar refractivity (Wildman–Crippen MR) is 207 cm³/mol. The van der Waals surface area contributed by atoms with Crippen LogP contribution in [0.2, 0.25) is 0 Å². The van der Waals surface area contributed by atoms with Gasteiger partial charge in [-0.3, -0.25) is 0 Å². The van der Waals surface area contributed by atoms with Gasteiger partial charge < -0.3 is 4.74 Å². The molecule has 0 saturated carbocycles. The number of rotatable bonds is 24. The lowest BCUT2D eigenvalue weighted by Gasteiger charge is -2.42. The molecule has 2 rings (SSSR count). The molecule has 0 spiro atoms. The number of thioether (sulfide) groups is 1. The average Bonchev–Trinajstić information content (AvgIpc) is 3.14. The Bertz CT molecular complexity index is 1690. The summed E-state index contributed by atoms with van der Waals surface area (Å²) in [5.74, 6) is -57.6. The summed E-state index contributed by atoms with van der Waals surface area (Å²) in [5.41, 5.74) is 0.740. The molecule has 0 N–H and O–H groups in total. The fourth-order valence-corrected chi connectivity index (χ4v) is 7.73. The van der Waals surface area contributed by atoms with Crippen LogP contribution in [-0.4, -0.2) is 60.0 Å². The van der Waals surface area contributed by atoms with Crippen LogP contribution in [-0.2, 0) is 10.8 Å². The van der Waals surface area contributed by atoms with Gasteiger partial charge >= 0.3 is 47.6 Å². The molecule has 0 radical (unpaired) electrons. The van der Waals surface area contributed by atoms with Gasteiger partial charge in [-0.15, -0.1) is 11.8 Å². The molecule has 0 fully saturated rings. The molecule has 2 aromatic carbocycles. The molecule has 1 atom stereocenters. The summed E-state index contributed by atoms with van der Waals surface area (Å²) in [7, 11) is 0. The third-order valence-corrected chi connectivity index (χ3v) is 11.7. The number of alkyl halides is 17. The zero-order valence-corrected chi connectivity index (χ0v) is 36.4. The summed E-state index contributed by atoms with van der Waals surface area (Å²) in [6.07, 6.45) is -0.163. The topological polar surface area (TPSA) is 9.23 Å². The Labute approximate surface area is 356 Å². The Kier molecular flexibility index (Phi) is 18.2. The first-order valence-corrected chi connectivity index (χ1v) is 21.2. The Hall–Kier alpha value is -2.60. The van der Waals surface area contributed by atoms with E-state index in [0.29, 0.717) is 40.4 Å². The molecule has 62 heavy (non-hydrogen) atoms. The van der Waals surface area contributed by atoms with Crippen molar-refractivity contribution in [2.45, 2.75) is 183 Å². The van der Waals surface area contributed by atoms with Crippen molar-refractivity contribution in [2.75, 3.05) is 12.4 Å². The van der Waals surface area contributed by atoms with E-state index in [1.165, 1.54) is 37.1 Å². The van der Waals surface area contributed by atoms with Crippen LogP contribution in [0.1, 0.15) is 147 Å². The minimum atomic E-state index is -8.66. The molecule has 0 saturated heterocycles. The highest BCUT2D eigenvalue weighted by Gasteiger charge is 2.95. The van der Waals surface area contributed by atoms with E-state index in [0.717, 1.165) is 44.9 Å². The van der Waals surface area contributed by atoms with Crippen LogP contribution in [0.25, 0.3) is 0 Å². The molecule has 0 aromatic heterocycles. The molecule has 0 amide bonds. The summed E-state index contributed by atoms with van der Waals surface area (Å²) < 4.78 is 244. The van der Waals surface area contributed by atoms with E-state index in [2.05, 4.69) is 6.92 Å².